The smallest absolute Gasteiger partial charge is 0.271 e. The number of nitrogens with zero attached hydrogens (tertiary/aromatic N) is 2. The molecule has 1 aromatic carbocycles. The molecule has 0 atom stereocenters. The zero-order chi connectivity index (χ0) is 13.6. The topological polar surface area (TPSA) is 25.2 Å². The van der Waals surface area contributed by atoms with Crippen LogP contribution < -0.4 is 0 Å². The molecule has 1 aliphatic carbocycles. The maximum Gasteiger partial charge on any atom is 0.271 e. The third-order valence-electron chi connectivity index (χ3n) is 3.82. The van der Waals surface area contributed by atoms with Crippen LogP contribution in [0.2, 0.25) is 0 Å². The summed E-state index contributed by atoms with van der Waals surface area (Å²) in [6.45, 7) is 0.868. The lowest BCUT2D eigenvalue weighted by Crippen LogP contribution is -2.30. The number of aryl methyl sites for hydroxylation is 1. The molecule has 1 aliphatic rings. The van der Waals surface area contributed by atoms with Gasteiger partial charge < -0.3 is 9.47 Å². The van der Waals surface area contributed by atoms with Gasteiger partial charge in [-0.1, -0.05) is 18.2 Å². The first-order chi connectivity index (χ1) is 9.09. The van der Waals surface area contributed by atoms with E-state index in [1.807, 2.05) is 47.8 Å². The van der Waals surface area contributed by atoms with E-state index in [2.05, 4.69) is 15.9 Å². The number of hydrogen-bond donors (Lipinski definition) is 0. The molecule has 100 valence electrons. The summed E-state index contributed by atoms with van der Waals surface area (Å²) < 4.78 is 2.88. The lowest BCUT2D eigenvalue weighted by Gasteiger charge is -2.17. The highest BCUT2D eigenvalue weighted by Crippen LogP contribution is 2.33. The van der Waals surface area contributed by atoms with Crippen molar-refractivity contribution >= 4 is 32.7 Å². The molecule has 19 heavy (non-hydrogen) atoms. The molecule has 1 heterocycles. The molecule has 1 fully saturated rings. The second-order valence-corrected chi connectivity index (χ2v) is 6.16. The molecule has 3 nitrogen and oxygen atoms in total. The molecule has 2 aromatic rings. The normalized spacial score (nSPS) is 14.9. The van der Waals surface area contributed by atoms with Crippen molar-refractivity contribution in [3.8, 4) is 0 Å². The fraction of sp³-hybridized carbons (Fsp3) is 0.400. The second kappa shape index (κ2) is 4.67. The highest BCUT2D eigenvalue weighted by atomic mass is 79.9. The van der Waals surface area contributed by atoms with Crippen molar-refractivity contribution < 1.29 is 4.79 Å². The summed E-state index contributed by atoms with van der Waals surface area (Å²) in [6.07, 6.45) is 2.52. The average molecular weight is 321 g/mol. The van der Waals surface area contributed by atoms with E-state index in [0.717, 1.165) is 27.6 Å². The number of halogens is 1. The summed E-state index contributed by atoms with van der Waals surface area (Å²) in [5, 5.41) is 1.09. The van der Waals surface area contributed by atoms with Gasteiger partial charge in [0.1, 0.15) is 5.69 Å². The number of fused-ring (bicyclic) bond motifs is 1. The monoisotopic (exact) mass is 320 g/mol. The Kier molecular flexibility index (Phi) is 3.13. The SMILES string of the molecule is CN(CC1CC1)C(=O)c1c(Br)c2ccccc2n1C. The second-order valence-electron chi connectivity index (χ2n) is 5.37. The predicted molar refractivity (Wildman–Crippen MR) is 80.3 cm³/mol. The minimum atomic E-state index is 0.0949. The van der Waals surface area contributed by atoms with Crippen LogP contribution in [0.1, 0.15) is 23.3 Å². The van der Waals surface area contributed by atoms with Gasteiger partial charge in [-0.3, -0.25) is 4.79 Å². The summed E-state index contributed by atoms with van der Waals surface area (Å²) in [5.41, 5.74) is 1.82. The number of para-hydroxylation sites is 1. The van der Waals surface area contributed by atoms with E-state index in [9.17, 15) is 4.79 Å². The zero-order valence-corrected chi connectivity index (χ0v) is 12.8. The Balaban J connectivity index is 2.01. The highest BCUT2D eigenvalue weighted by Gasteiger charge is 2.28. The minimum Gasteiger partial charge on any atom is -0.340 e. The van der Waals surface area contributed by atoms with Gasteiger partial charge in [0, 0.05) is 31.5 Å². The summed E-state index contributed by atoms with van der Waals surface area (Å²) in [6, 6.07) is 8.07. The summed E-state index contributed by atoms with van der Waals surface area (Å²) in [5.74, 6) is 0.805. The van der Waals surface area contributed by atoms with Crippen LogP contribution in [0, 0.1) is 5.92 Å². The molecule has 0 N–H and O–H groups in total. The molecule has 0 bridgehead atoms. The first kappa shape index (κ1) is 12.7. The standard InChI is InChI=1S/C15H17BrN2O/c1-17(9-10-7-8-10)15(19)14-13(16)11-5-3-4-6-12(11)18(14)2/h3-6,10H,7-9H2,1-2H3. The Bertz CT molecular complexity index is 604. The number of aromatic nitrogens is 1. The van der Waals surface area contributed by atoms with Gasteiger partial charge in [0.15, 0.2) is 0 Å². The number of hydrogen-bond acceptors (Lipinski definition) is 1. The summed E-state index contributed by atoms with van der Waals surface area (Å²) in [4.78, 5) is 14.4. The van der Waals surface area contributed by atoms with Gasteiger partial charge in [0.25, 0.3) is 5.91 Å². The van der Waals surface area contributed by atoms with Gasteiger partial charge in [0.2, 0.25) is 0 Å². The maximum absolute atomic E-state index is 12.6. The molecule has 0 radical (unpaired) electrons. The molecule has 3 rings (SSSR count). The molecule has 1 aromatic heterocycles. The van der Waals surface area contributed by atoms with E-state index in [1.54, 1.807) is 0 Å². The quantitative estimate of drug-likeness (QED) is 0.850. The van der Waals surface area contributed by atoms with E-state index in [1.165, 1.54) is 12.8 Å². The van der Waals surface area contributed by atoms with E-state index < -0.39 is 0 Å². The van der Waals surface area contributed by atoms with Crippen LogP contribution in [0.3, 0.4) is 0 Å². The van der Waals surface area contributed by atoms with Crippen molar-refractivity contribution in [3.05, 3.63) is 34.4 Å². The lowest BCUT2D eigenvalue weighted by atomic mass is 10.2. The van der Waals surface area contributed by atoms with Crippen LogP contribution >= 0.6 is 15.9 Å². The van der Waals surface area contributed by atoms with E-state index in [0.29, 0.717) is 5.92 Å². The van der Waals surface area contributed by atoms with Crippen molar-refractivity contribution in [2.24, 2.45) is 13.0 Å². The summed E-state index contributed by atoms with van der Waals surface area (Å²) >= 11 is 3.59. The van der Waals surface area contributed by atoms with Crippen LogP contribution in [0.25, 0.3) is 10.9 Å². The molecule has 0 saturated heterocycles. The number of carbonyl (C=O) groups is 1. The van der Waals surface area contributed by atoms with Crippen molar-refractivity contribution in [2.45, 2.75) is 12.8 Å². The van der Waals surface area contributed by atoms with Crippen LogP contribution in [0.4, 0.5) is 0 Å². The third kappa shape index (κ3) is 2.18. The van der Waals surface area contributed by atoms with Crippen molar-refractivity contribution in [1.29, 1.82) is 0 Å². The number of rotatable bonds is 3. The van der Waals surface area contributed by atoms with Crippen LogP contribution in [-0.4, -0.2) is 29.0 Å². The highest BCUT2D eigenvalue weighted by molar-refractivity contribution is 9.10. The maximum atomic E-state index is 12.6. The Morgan fingerprint density at radius 2 is 2.11 bits per heavy atom. The number of carbonyl (C=O) groups excluding carboxylic acids is 1. The minimum absolute atomic E-state index is 0.0949. The molecular weight excluding hydrogens is 304 g/mol. The average Bonchev–Trinajstić information content (AvgIpc) is 3.18. The molecule has 4 heteroatoms. The van der Waals surface area contributed by atoms with Crippen molar-refractivity contribution in [2.75, 3.05) is 13.6 Å². The molecule has 0 unspecified atom stereocenters. The first-order valence-corrected chi connectivity index (χ1v) is 7.37. The Morgan fingerprint density at radius 3 is 2.74 bits per heavy atom. The van der Waals surface area contributed by atoms with Crippen molar-refractivity contribution in [1.82, 2.24) is 9.47 Å². The first-order valence-electron chi connectivity index (χ1n) is 6.58. The van der Waals surface area contributed by atoms with Crippen molar-refractivity contribution in [3.63, 3.8) is 0 Å². The largest absolute Gasteiger partial charge is 0.340 e. The van der Waals surface area contributed by atoms with E-state index in [4.69, 9.17) is 0 Å². The molecule has 1 amide bonds. The number of benzene rings is 1. The van der Waals surface area contributed by atoms with Gasteiger partial charge in [-0.15, -0.1) is 0 Å². The molecular formula is C15H17BrN2O. The molecule has 0 aliphatic heterocycles. The fourth-order valence-electron chi connectivity index (χ4n) is 2.54. The number of amides is 1. The fourth-order valence-corrected chi connectivity index (χ4v) is 3.31. The van der Waals surface area contributed by atoms with Gasteiger partial charge >= 0.3 is 0 Å². The van der Waals surface area contributed by atoms with Crippen LogP contribution in [0.5, 0.6) is 0 Å². The van der Waals surface area contributed by atoms with E-state index in [-0.39, 0.29) is 5.91 Å². The zero-order valence-electron chi connectivity index (χ0n) is 11.2. The Morgan fingerprint density at radius 1 is 1.42 bits per heavy atom. The van der Waals surface area contributed by atoms with E-state index >= 15 is 0 Å². The van der Waals surface area contributed by atoms with Gasteiger partial charge in [-0.25, -0.2) is 0 Å². The van der Waals surface area contributed by atoms with Gasteiger partial charge in [-0.05, 0) is 40.8 Å². The van der Waals surface area contributed by atoms with Gasteiger partial charge in [0.05, 0.1) is 4.47 Å². The Hall–Kier alpha value is -1.29. The van der Waals surface area contributed by atoms with Gasteiger partial charge in [-0.2, -0.15) is 0 Å². The molecule has 0 spiro atoms. The third-order valence-corrected chi connectivity index (χ3v) is 4.63. The predicted octanol–water partition coefficient (Wildman–Crippen LogP) is 3.42. The Labute approximate surface area is 121 Å². The van der Waals surface area contributed by atoms with Crippen LogP contribution in [-0.2, 0) is 7.05 Å². The van der Waals surface area contributed by atoms with Crippen LogP contribution in [0.15, 0.2) is 28.7 Å². The lowest BCUT2D eigenvalue weighted by molar-refractivity contribution is 0.0779. The summed E-state index contributed by atoms with van der Waals surface area (Å²) in [7, 11) is 3.84. The molecule has 1 saturated carbocycles.